The minimum absolute atomic E-state index is 0.00799. The first-order valence-corrected chi connectivity index (χ1v) is 6.95. The molecule has 0 saturated carbocycles. The van der Waals surface area contributed by atoms with E-state index in [0.29, 0.717) is 29.9 Å². The van der Waals surface area contributed by atoms with Crippen LogP contribution in [-0.2, 0) is 11.2 Å². The van der Waals surface area contributed by atoms with E-state index in [2.05, 4.69) is 5.32 Å². The fraction of sp³-hybridized carbons (Fsp3) is 0.176. The number of aryl methyl sites for hydroxylation is 1. The molecule has 0 atom stereocenters. The second kappa shape index (κ2) is 5.89. The highest BCUT2D eigenvalue weighted by molar-refractivity contribution is 5.94. The van der Waals surface area contributed by atoms with Crippen molar-refractivity contribution in [2.24, 2.45) is 0 Å². The maximum atomic E-state index is 12.2. The Kier molecular flexibility index (Phi) is 3.78. The molecule has 0 saturated heterocycles. The summed E-state index contributed by atoms with van der Waals surface area (Å²) in [6.45, 7) is 0. The smallest absolute Gasteiger partial charge is 0.343 e. The van der Waals surface area contributed by atoms with Crippen molar-refractivity contribution in [1.82, 2.24) is 0 Å². The summed E-state index contributed by atoms with van der Waals surface area (Å²) < 4.78 is 10.5. The van der Waals surface area contributed by atoms with Gasteiger partial charge in [-0.05, 0) is 48.4 Å². The lowest BCUT2D eigenvalue weighted by Gasteiger charge is -2.17. The number of hydrogen-bond donors (Lipinski definition) is 1. The summed E-state index contributed by atoms with van der Waals surface area (Å²) in [5, 5.41) is 2.79. The second-order valence-corrected chi connectivity index (χ2v) is 4.99. The van der Waals surface area contributed by atoms with Crippen molar-refractivity contribution < 1.29 is 19.1 Å². The number of rotatable bonds is 3. The summed E-state index contributed by atoms with van der Waals surface area (Å²) in [6.07, 6.45) is 1.09. The van der Waals surface area contributed by atoms with Crippen LogP contribution in [0.4, 0.5) is 5.69 Å². The van der Waals surface area contributed by atoms with Crippen LogP contribution in [0, 0.1) is 0 Å². The van der Waals surface area contributed by atoms with E-state index >= 15 is 0 Å². The standard InChI is InChI=1S/C17H15NO4/c1-21-13-4-2-3-12(10-13)17(20)22-14-6-7-15-11(9-14)5-8-16(19)18-15/h2-4,6-7,9-10H,5,8H2,1H3,(H,18,19). The monoisotopic (exact) mass is 297 g/mol. The zero-order chi connectivity index (χ0) is 15.5. The lowest BCUT2D eigenvalue weighted by Crippen LogP contribution is -2.19. The molecule has 0 fully saturated rings. The lowest BCUT2D eigenvalue weighted by molar-refractivity contribution is -0.116. The largest absolute Gasteiger partial charge is 0.497 e. The molecule has 3 rings (SSSR count). The van der Waals surface area contributed by atoms with E-state index in [1.807, 2.05) is 0 Å². The summed E-state index contributed by atoms with van der Waals surface area (Å²) in [7, 11) is 1.54. The summed E-state index contributed by atoms with van der Waals surface area (Å²) in [4.78, 5) is 23.5. The third kappa shape index (κ3) is 2.93. The lowest BCUT2D eigenvalue weighted by atomic mass is 10.0. The van der Waals surface area contributed by atoms with Gasteiger partial charge in [0.1, 0.15) is 11.5 Å². The molecular formula is C17H15NO4. The minimum Gasteiger partial charge on any atom is -0.497 e. The topological polar surface area (TPSA) is 64.6 Å². The molecule has 0 aromatic heterocycles. The molecular weight excluding hydrogens is 282 g/mol. The summed E-state index contributed by atoms with van der Waals surface area (Å²) in [6, 6.07) is 12.0. The molecule has 1 aliphatic rings. The number of ether oxygens (including phenoxy) is 2. The normalized spacial score (nSPS) is 13.0. The van der Waals surface area contributed by atoms with Crippen LogP contribution in [0.25, 0.3) is 0 Å². The summed E-state index contributed by atoms with van der Waals surface area (Å²) in [5.41, 5.74) is 2.17. The molecule has 1 N–H and O–H groups in total. The van der Waals surface area contributed by atoms with Crippen LogP contribution < -0.4 is 14.8 Å². The van der Waals surface area contributed by atoms with Gasteiger partial charge in [-0.15, -0.1) is 0 Å². The van der Waals surface area contributed by atoms with Gasteiger partial charge in [0.25, 0.3) is 0 Å². The molecule has 0 radical (unpaired) electrons. The molecule has 2 aromatic carbocycles. The van der Waals surface area contributed by atoms with Crippen LogP contribution in [0.5, 0.6) is 11.5 Å². The van der Waals surface area contributed by atoms with Crippen molar-refractivity contribution in [3.05, 3.63) is 53.6 Å². The highest BCUT2D eigenvalue weighted by atomic mass is 16.5. The van der Waals surface area contributed by atoms with Gasteiger partial charge >= 0.3 is 5.97 Å². The molecule has 5 heteroatoms. The molecule has 0 bridgehead atoms. The molecule has 1 aliphatic heterocycles. The van der Waals surface area contributed by atoms with Gasteiger partial charge in [-0.2, -0.15) is 0 Å². The van der Waals surface area contributed by atoms with Crippen molar-refractivity contribution in [1.29, 1.82) is 0 Å². The number of nitrogens with one attached hydrogen (secondary N) is 1. The van der Waals surface area contributed by atoms with Crippen LogP contribution in [0.15, 0.2) is 42.5 Å². The summed E-state index contributed by atoms with van der Waals surface area (Å²) >= 11 is 0. The maximum absolute atomic E-state index is 12.2. The van der Waals surface area contributed by atoms with Gasteiger partial charge in [0.2, 0.25) is 5.91 Å². The second-order valence-electron chi connectivity index (χ2n) is 4.99. The number of carbonyl (C=O) groups excluding carboxylic acids is 2. The van der Waals surface area contributed by atoms with Crippen molar-refractivity contribution in [3.8, 4) is 11.5 Å². The molecule has 0 spiro atoms. The van der Waals surface area contributed by atoms with Crippen molar-refractivity contribution >= 4 is 17.6 Å². The minimum atomic E-state index is -0.446. The Morgan fingerprint density at radius 3 is 2.77 bits per heavy atom. The summed E-state index contributed by atoms with van der Waals surface area (Å²) in [5.74, 6) is 0.623. The molecule has 22 heavy (non-hydrogen) atoms. The molecule has 2 aromatic rings. The number of fused-ring (bicyclic) bond motifs is 1. The van der Waals surface area contributed by atoms with Gasteiger partial charge in [-0.3, -0.25) is 4.79 Å². The first kappa shape index (κ1) is 14.1. The molecule has 1 amide bonds. The van der Waals surface area contributed by atoms with Crippen LogP contribution in [0.3, 0.4) is 0 Å². The highest BCUT2D eigenvalue weighted by Gasteiger charge is 2.16. The molecule has 0 aliphatic carbocycles. The maximum Gasteiger partial charge on any atom is 0.343 e. The Bertz CT molecular complexity index is 739. The van der Waals surface area contributed by atoms with Crippen LogP contribution in [0.2, 0.25) is 0 Å². The number of carbonyl (C=O) groups is 2. The van der Waals surface area contributed by atoms with Gasteiger partial charge in [0.05, 0.1) is 12.7 Å². The van der Waals surface area contributed by atoms with E-state index in [4.69, 9.17) is 9.47 Å². The number of amides is 1. The van der Waals surface area contributed by atoms with Crippen LogP contribution in [0.1, 0.15) is 22.3 Å². The number of methoxy groups -OCH3 is 1. The average Bonchev–Trinajstić information content (AvgIpc) is 2.55. The predicted molar refractivity (Wildman–Crippen MR) is 81.3 cm³/mol. The molecule has 5 nitrogen and oxygen atoms in total. The third-order valence-electron chi connectivity index (χ3n) is 3.49. The number of esters is 1. The average molecular weight is 297 g/mol. The zero-order valence-corrected chi connectivity index (χ0v) is 12.1. The Labute approximate surface area is 127 Å². The van der Waals surface area contributed by atoms with Crippen molar-refractivity contribution in [2.45, 2.75) is 12.8 Å². The van der Waals surface area contributed by atoms with Gasteiger partial charge in [-0.25, -0.2) is 4.79 Å². The van der Waals surface area contributed by atoms with E-state index in [1.54, 1.807) is 49.6 Å². The Hall–Kier alpha value is -2.82. The van der Waals surface area contributed by atoms with Crippen LogP contribution in [-0.4, -0.2) is 19.0 Å². The Balaban J connectivity index is 1.78. The van der Waals surface area contributed by atoms with E-state index in [9.17, 15) is 9.59 Å². The van der Waals surface area contributed by atoms with Gasteiger partial charge in [-0.1, -0.05) is 6.07 Å². The molecule has 112 valence electrons. The fourth-order valence-corrected chi connectivity index (χ4v) is 2.34. The number of anilines is 1. The fourth-order valence-electron chi connectivity index (χ4n) is 2.34. The third-order valence-corrected chi connectivity index (χ3v) is 3.49. The van der Waals surface area contributed by atoms with E-state index in [1.165, 1.54) is 0 Å². The molecule has 0 unspecified atom stereocenters. The quantitative estimate of drug-likeness (QED) is 0.699. The Morgan fingerprint density at radius 1 is 1.09 bits per heavy atom. The van der Waals surface area contributed by atoms with Crippen molar-refractivity contribution in [3.63, 3.8) is 0 Å². The van der Waals surface area contributed by atoms with Crippen molar-refractivity contribution in [2.75, 3.05) is 12.4 Å². The van der Waals surface area contributed by atoms with E-state index in [-0.39, 0.29) is 5.91 Å². The number of hydrogen-bond acceptors (Lipinski definition) is 4. The molecule has 1 heterocycles. The SMILES string of the molecule is COc1cccc(C(=O)Oc2ccc3c(c2)CCC(=O)N3)c1. The van der Waals surface area contributed by atoms with Gasteiger partial charge < -0.3 is 14.8 Å². The first-order chi connectivity index (χ1) is 10.7. The van der Waals surface area contributed by atoms with Gasteiger partial charge in [0, 0.05) is 12.1 Å². The van der Waals surface area contributed by atoms with Crippen LogP contribution >= 0.6 is 0 Å². The Morgan fingerprint density at radius 2 is 1.95 bits per heavy atom. The zero-order valence-electron chi connectivity index (χ0n) is 12.1. The van der Waals surface area contributed by atoms with E-state index < -0.39 is 5.97 Å². The highest BCUT2D eigenvalue weighted by Crippen LogP contribution is 2.27. The number of benzene rings is 2. The first-order valence-electron chi connectivity index (χ1n) is 6.95. The van der Waals surface area contributed by atoms with E-state index in [0.717, 1.165) is 11.3 Å². The van der Waals surface area contributed by atoms with Gasteiger partial charge in [0.15, 0.2) is 0 Å². The predicted octanol–water partition coefficient (Wildman–Crippen LogP) is 2.80.